The van der Waals surface area contributed by atoms with Gasteiger partial charge in [-0.25, -0.2) is 12.8 Å². The first kappa shape index (κ1) is 22.5. The van der Waals surface area contributed by atoms with Crippen molar-refractivity contribution in [3.63, 3.8) is 0 Å². The zero-order valence-corrected chi connectivity index (χ0v) is 17.8. The highest BCUT2D eigenvalue weighted by atomic mass is 32.2. The number of anilines is 1. The van der Waals surface area contributed by atoms with Gasteiger partial charge in [0.05, 0.1) is 32.2 Å². The number of methoxy groups -OCH3 is 2. The number of hydrogen-bond donors (Lipinski definition) is 1. The van der Waals surface area contributed by atoms with Gasteiger partial charge in [0.15, 0.2) is 0 Å². The molecule has 2 aromatic carbocycles. The number of sulfonamides is 1. The third-order valence-corrected chi connectivity index (χ3v) is 5.67. The molecule has 0 fully saturated rings. The SMILES string of the molecule is COc1ccc(OC)c([C@@H](C)NC(=O)[C@@H](C)N(c2ccccc2F)S(C)(=O)=O)c1. The van der Waals surface area contributed by atoms with Crippen molar-refractivity contribution in [1.82, 2.24) is 5.32 Å². The molecule has 0 saturated heterocycles. The van der Waals surface area contributed by atoms with Crippen LogP contribution in [0, 0.1) is 5.82 Å². The van der Waals surface area contributed by atoms with E-state index in [1.165, 1.54) is 39.3 Å². The van der Waals surface area contributed by atoms with Crippen molar-refractivity contribution in [3.8, 4) is 11.5 Å². The number of carbonyl (C=O) groups excluding carboxylic acids is 1. The van der Waals surface area contributed by atoms with E-state index in [9.17, 15) is 17.6 Å². The second-order valence-electron chi connectivity index (χ2n) is 6.52. The van der Waals surface area contributed by atoms with Crippen molar-refractivity contribution in [1.29, 1.82) is 0 Å². The maximum Gasteiger partial charge on any atom is 0.244 e. The number of hydrogen-bond acceptors (Lipinski definition) is 5. The fraction of sp³-hybridized carbons (Fsp3) is 0.350. The summed E-state index contributed by atoms with van der Waals surface area (Å²) in [4.78, 5) is 12.8. The maximum absolute atomic E-state index is 14.2. The van der Waals surface area contributed by atoms with Gasteiger partial charge in [0.2, 0.25) is 15.9 Å². The number of nitrogens with zero attached hydrogens (tertiary/aromatic N) is 1. The molecule has 1 amide bonds. The zero-order chi connectivity index (χ0) is 21.8. The monoisotopic (exact) mass is 424 g/mol. The number of nitrogens with one attached hydrogen (secondary N) is 1. The Morgan fingerprint density at radius 3 is 2.31 bits per heavy atom. The first-order valence-electron chi connectivity index (χ1n) is 8.86. The van der Waals surface area contributed by atoms with Gasteiger partial charge in [-0.1, -0.05) is 12.1 Å². The lowest BCUT2D eigenvalue weighted by Gasteiger charge is -2.29. The van der Waals surface area contributed by atoms with E-state index in [4.69, 9.17) is 9.47 Å². The molecule has 7 nitrogen and oxygen atoms in total. The van der Waals surface area contributed by atoms with Gasteiger partial charge in [-0.05, 0) is 44.2 Å². The van der Waals surface area contributed by atoms with Gasteiger partial charge in [-0.15, -0.1) is 0 Å². The lowest BCUT2D eigenvalue weighted by atomic mass is 10.1. The first-order valence-corrected chi connectivity index (χ1v) is 10.7. The minimum Gasteiger partial charge on any atom is -0.497 e. The Morgan fingerprint density at radius 1 is 1.10 bits per heavy atom. The molecule has 1 N–H and O–H groups in total. The number of para-hydroxylation sites is 1. The van der Waals surface area contributed by atoms with Crippen LogP contribution in [0.2, 0.25) is 0 Å². The lowest BCUT2D eigenvalue weighted by molar-refractivity contribution is -0.122. The van der Waals surface area contributed by atoms with Gasteiger partial charge in [0, 0.05) is 5.56 Å². The molecule has 29 heavy (non-hydrogen) atoms. The minimum atomic E-state index is -3.92. The second-order valence-corrected chi connectivity index (χ2v) is 8.38. The van der Waals surface area contributed by atoms with Crippen LogP contribution in [-0.4, -0.2) is 40.8 Å². The van der Waals surface area contributed by atoms with Crippen molar-refractivity contribution < 1.29 is 27.1 Å². The number of rotatable bonds is 8. The molecule has 0 aliphatic heterocycles. The van der Waals surface area contributed by atoms with Crippen molar-refractivity contribution in [2.45, 2.75) is 25.9 Å². The smallest absolute Gasteiger partial charge is 0.244 e. The van der Waals surface area contributed by atoms with Gasteiger partial charge in [0.25, 0.3) is 0 Å². The number of ether oxygens (including phenoxy) is 2. The Hall–Kier alpha value is -2.81. The van der Waals surface area contributed by atoms with E-state index in [1.807, 2.05) is 0 Å². The summed E-state index contributed by atoms with van der Waals surface area (Å²) in [5, 5.41) is 2.76. The number of halogens is 1. The summed E-state index contributed by atoms with van der Waals surface area (Å²) < 4.78 is 50.2. The summed E-state index contributed by atoms with van der Waals surface area (Å²) in [6.07, 6.45) is 0.928. The molecule has 0 heterocycles. The summed E-state index contributed by atoms with van der Waals surface area (Å²) in [6, 6.07) is 8.87. The van der Waals surface area contributed by atoms with E-state index in [-0.39, 0.29) is 5.69 Å². The summed E-state index contributed by atoms with van der Waals surface area (Å²) >= 11 is 0. The van der Waals surface area contributed by atoms with Gasteiger partial charge < -0.3 is 14.8 Å². The van der Waals surface area contributed by atoms with E-state index in [2.05, 4.69) is 5.32 Å². The highest BCUT2D eigenvalue weighted by Crippen LogP contribution is 2.30. The predicted octanol–water partition coefficient (Wildman–Crippen LogP) is 2.87. The summed E-state index contributed by atoms with van der Waals surface area (Å²) in [7, 11) is -0.892. The molecule has 2 atom stereocenters. The van der Waals surface area contributed by atoms with Crippen molar-refractivity contribution in [2.75, 3.05) is 24.8 Å². The average Bonchev–Trinajstić information content (AvgIpc) is 2.67. The Bertz CT molecular complexity index is 981. The van der Waals surface area contributed by atoms with Crippen LogP contribution in [0.3, 0.4) is 0 Å². The van der Waals surface area contributed by atoms with Crippen LogP contribution in [0.5, 0.6) is 11.5 Å². The van der Waals surface area contributed by atoms with E-state index in [0.717, 1.165) is 16.6 Å². The van der Waals surface area contributed by atoms with Crippen LogP contribution < -0.4 is 19.1 Å². The Morgan fingerprint density at radius 2 is 1.76 bits per heavy atom. The molecule has 0 saturated carbocycles. The molecule has 0 aliphatic rings. The molecule has 2 aromatic rings. The summed E-state index contributed by atoms with van der Waals surface area (Å²) in [5.74, 6) is -0.199. The quantitative estimate of drug-likeness (QED) is 0.704. The van der Waals surface area contributed by atoms with Crippen molar-refractivity contribution in [3.05, 3.63) is 53.8 Å². The Kier molecular flexibility index (Phi) is 7.07. The molecule has 2 rings (SSSR count). The van der Waals surface area contributed by atoms with Crippen LogP contribution in [0.4, 0.5) is 10.1 Å². The molecule has 0 radical (unpaired) electrons. The normalized spacial score (nSPS) is 13.3. The largest absolute Gasteiger partial charge is 0.497 e. The van der Waals surface area contributed by atoms with Gasteiger partial charge >= 0.3 is 0 Å². The topological polar surface area (TPSA) is 84.9 Å². The van der Waals surface area contributed by atoms with Gasteiger partial charge in [-0.2, -0.15) is 0 Å². The van der Waals surface area contributed by atoms with E-state index < -0.39 is 33.8 Å². The Labute approximate surface area is 170 Å². The fourth-order valence-corrected chi connectivity index (χ4v) is 4.18. The van der Waals surface area contributed by atoms with Crippen molar-refractivity contribution in [2.24, 2.45) is 0 Å². The molecule has 0 aliphatic carbocycles. The molecule has 0 bridgehead atoms. The molecule has 158 valence electrons. The minimum absolute atomic E-state index is 0.190. The van der Waals surface area contributed by atoms with Gasteiger partial charge in [0.1, 0.15) is 23.4 Å². The lowest BCUT2D eigenvalue weighted by Crippen LogP contribution is -2.48. The molecular formula is C20H25FN2O5S. The molecule has 0 aromatic heterocycles. The number of benzene rings is 2. The highest BCUT2D eigenvalue weighted by Gasteiger charge is 2.31. The van der Waals surface area contributed by atoms with E-state index >= 15 is 0 Å². The van der Waals surface area contributed by atoms with Crippen LogP contribution in [-0.2, 0) is 14.8 Å². The number of amides is 1. The van der Waals surface area contributed by atoms with Crippen molar-refractivity contribution >= 4 is 21.6 Å². The van der Waals surface area contributed by atoms with E-state index in [1.54, 1.807) is 25.1 Å². The summed E-state index contributed by atoms with van der Waals surface area (Å²) in [6.45, 7) is 3.13. The average molecular weight is 424 g/mol. The first-order chi connectivity index (χ1) is 13.6. The predicted molar refractivity (Wildman–Crippen MR) is 109 cm³/mol. The third-order valence-electron chi connectivity index (χ3n) is 4.44. The third kappa shape index (κ3) is 5.17. The van der Waals surface area contributed by atoms with E-state index in [0.29, 0.717) is 17.1 Å². The molecule has 0 spiro atoms. The fourth-order valence-electron chi connectivity index (χ4n) is 3.00. The van der Waals surface area contributed by atoms with Crippen LogP contribution in [0.15, 0.2) is 42.5 Å². The molecular weight excluding hydrogens is 399 g/mol. The standard InChI is InChI=1S/C20H25FN2O5S/c1-13(16-12-15(27-3)10-11-19(16)28-4)22-20(24)14(2)23(29(5,25)26)18-9-7-6-8-17(18)21/h6-14H,1-5H3,(H,22,24)/t13-,14-/m1/s1. The van der Waals surface area contributed by atoms with Crippen LogP contribution in [0.1, 0.15) is 25.5 Å². The maximum atomic E-state index is 14.2. The zero-order valence-electron chi connectivity index (χ0n) is 17.0. The van der Waals surface area contributed by atoms with Crippen LogP contribution in [0.25, 0.3) is 0 Å². The molecule has 9 heteroatoms. The number of carbonyl (C=O) groups is 1. The molecule has 0 unspecified atom stereocenters. The Balaban J connectivity index is 2.32. The van der Waals surface area contributed by atoms with Gasteiger partial charge in [-0.3, -0.25) is 9.10 Å². The second kappa shape index (κ2) is 9.13. The highest BCUT2D eigenvalue weighted by molar-refractivity contribution is 7.92. The summed E-state index contributed by atoms with van der Waals surface area (Å²) in [5.41, 5.74) is 0.466. The van der Waals surface area contributed by atoms with Crippen LogP contribution >= 0.6 is 0 Å².